The number of nitrogens with one attached hydrogen (secondary N) is 1. The fourth-order valence-corrected chi connectivity index (χ4v) is 1.90. The van der Waals surface area contributed by atoms with Gasteiger partial charge in [0, 0.05) is 12.1 Å². The molecule has 1 N–H and O–H groups in total. The summed E-state index contributed by atoms with van der Waals surface area (Å²) in [5.41, 5.74) is 1.21. The highest BCUT2D eigenvalue weighted by atomic mass is 19.1. The third kappa shape index (κ3) is 3.74. The molecular formula is C15H14F3N. The molecule has 0 fully saturated rings. The lowest BCUT2D eigenvalue weighted by atomic mass is 10.1. The van der Waals surface area contributed by atoms with Crippen LogP contribution in [-0.4, -0.2) is 6.04 Å². The van der Waals surface area contributed by atoms with Crippen molar-refractivity contribution in [1.29, 1.82) is 0 Å². The van der Waals surface area contributed by atoms with Crippen LogP contribution < -0.4 is 5.32 Å². The molecule has 0 heterocycles. The quantitative estimate of drug-likeness (QED) is 0.875. The highest BCUT2D eigenvalue weighted by molar-refractivity contribution is 5.45. The Labute approximate surface area is 110 Å². The highest BCUT2D eigenvalue weighted by Crippen LogP contribution is 2.17. The summed E-state index contributed by atoms with van der Waals surface area (Å²) < 4.78 is 39.0. The molecular weight excluding hydrogens is 251 g/mol. The van der Waals surface area contributed by atoms with Crippen molar-refractivity contribution < 1.29 is 13.2 Å². The molecule has 0 aliphatic rings. The molecule has 2 rings (SSSR count). The highest BCUT2D eigenvalue weighted by Gasteiger charge is 2.08. The lowest BCUT2D eigenvalue weighted by molar-refractivity contribution is 0.583. The van der Waals surface area contributed by atoms with E-state index in [1.165, 1.54) is 24.3 Å². The fourth-order valence-electron chi connectivity index (χ4n) is 1.90. The second kappa shape index (κ2) is 5.78. The first-order valence-electron chi connectivity index (χ1n) is 6.00. The maximum absolute atomic E-state index is 13.5. The first-order valence-corrected chi connectivity index (χ1v) is 6.00. The molecule has 0 radical (unpaired) electrons. The second-order valence-electron chi connectivity index (χ2n) is 4.50. The van der Waals surface area contributed by atoms with Crippen LogP contribution in [0.3, 0.4) is 0 Å². The van der Waals surface area contributed by atoms with Crippen LogP contribution in [0.5, 0.6) is 0 Å². The molecule has 100 valence electrons. The number of rotatable bonds is 4. The summed E-state index contributed by atoms with van der Waals surface area (Å²) in [7, 11) is 0. The number of hydrogen-bond acceptors (Lipinski definition) is 1. The Morgan fingerprint density at radius 1 is 0.947 bits per heavy atom. The average Bonchev–Trinajstić information content (AvgIpc) is 2.36. The average molecular weight is 265 g/mol. The summed E-state index contributed by atoms with van der Waals surface area (Å²) in [6.45, 7) is 1.88. The van der Waals surface area contributed by atoms with Crippen LogP contribution in [0.4, 0.5) is 18.9 Å². The van der Waals surface area contributed by atoms with Crippen LogP contribution in [0.2, 0.25) is 0 Å². The molecule has 4 heteroatoms. The smallest absolute Gasteiger partial charge is 0.149 e. The van der Waals surface area contributed by atoms with Gasteiger partial charge in [-0.25, -0.2) is 13.2 Å². The van der Waals surface area contributed by atoms with E-state index in [0.717, 1.165) is 11.6 Å². The summed E-state index contributed by atoms with van der Waals surface area (Å²) in [6, 6.07) is 9.52. The van der Waals surface area contributed by atoms with E-state index in [1.807, 2.05) is 6.92 Å². The lowest BCUT2D eigenvalue weighted by Crippen LogP contribution is -2.18. The van der Waals surface area contributed by atoms with Crippen LogP contribution in [0, 0.1) is 17.5 Å². The Balaban J connectivity index is 2.01. The second-order valence-corrected chi connectivity index (χ2v) is 4.50. The summed E-state index contributed by atoms with van der Waals surface area (Å²) in [4.78, 5) is 0. The van der Waals surface area contributed by atoms with E-state index < -0.39 is 11.6 Å². The monoisotopic (exact) mass is 265 g/mol. The minimum Gasteiger partial charge on any atom is -0.380 e. The van der Waals surface area contributed by atoms with E-state index >= 15 is 0 Å². The molecule has 0 bridgehead atoms. The van der Waals surface area contributed by atoms with Gasteiger partial charge in [0.05, 0.1) is 5.69 Å². The van der Waals surface area contributed by atoms with E-state index in [1.54, 1.807) is 12.1 Å². The molecule has 19 heavy (non-hydrogen) atoms. The third-order valence-electron chi connectivity index (χ3n) is 2.79. The third-order valence-corrected chi connectivity index (χ3v) is 2.79. The molecule has 0 amide bonds. The van der Waals surface area contributed by atoms with Gasteiger partial charge in [0.1, 0.15) is 17.5 Å². The van der Waals surface area contributed by atoms with Crippen molar-refractivity contribution in [2.24, 2.45) is 0 Å². The predicted octanol–water partition coefficient (Wildman–Crippen LogP) is 4.15. The van der Waals surface area contributed by atoms with Crippen molar-refractivity contribution in [3.63, 3.8) is 0 Å². The fraction of sp³-hybridized carbons (Fsp3) is 0.200. The summed E-state index contributed by atoms with van der Waals surface area (Å²) >= 11 is 0. The zero-order valence-electron chi connectivity index (χ0n) is 10.5. The van der Waals surface area contributed by atoms with Crippen molar-refractivity contribution in [2.75, 3.05) is 5.32 Å². The molecule has 1 nitrogen and oxygen atoms in total. The summed E-state index contributed by atoms with van der Waals surface area (Å²) in [6.07, 6.45) is 0.622. The van der Waals surface area contributed by atoms with Gasteiger partial charge >= 0.3 is 0 Å². The molecule has 1 unspecified atom stereocenters. The molecule has 0 saturated carbocycles. The lowest BCUT2D eigenvalue weighted by Gasteiger charge is -2.16. The van der Waals surface area contributed by atoms with E-state index in [-0.39, 0.29) is 17.5 Å². The number of halogens is 3. The Kier molecular flexibility index (Phi) is 4.10. The molecule has 0 spiro atoms. The van der Waals surface area contributed by atoms with Gasteiger partial charge in [-0.05, 0) is 43.2 Å². The minimum atomic E-state index is -0.619. The van der Waals surface area contributed by atoms with Crippen molar-refractivity contribution in [2.45, 2.75) is 19.4 Å². The Morgan fingerprint density at radius 2 is 1.58 bits per heavy atom. The molecule has 2 aromatic carbocycles. The molecule has 0 saturated heterocycles. The van der Waals surface area contributed by atoms with Gasteiger partial charge in [-0.1, -0.05) is 12.1 Å². The first kappa shape index (κ1) is 13.5. The van der Waals surface area contributed by atoms with Crippen molar-refractivity contribution in [3.8, 4) is 0 Å². The molecule has 0 aliphatic carbocycles. The van der Waals surface area contributed by atoms with Gasteiger partial charge < -0.3 is 5.32 Å². The van der Waals surface area contributed by atoms with Gasteiger partial charge in [0.15, 0.2) is 0 Å². The summed E-state index contributed by atoms with van der Waals surface area (Å²) in [5.74, 6) is -1.51. The largest absolute Gasteiger partial charge is 0.380 e. The molecule has 2 aromatic rings. The molecule has 1 atom stereocenters. The number of benzene rings is 2. The zero-order chi connectivity index (χ0) is 13.8. The van der Waals surface area contributed by atoms with Crippen LogP contribution in [0.25, 0.3) is 0 Å². The van der Waals surface area contributed by atoms with Gasteiger partial charge in [-0.3, -0.25) is 0 Å². The number of hydrogen-bond donors (Lipinski definition) is 1. The van der Waals surface area contributed by atoms with Gasteiger partial charge in [0.2, 0.25) is 0 Å². The maximum atomic E-state index is 13.5. The Morgan fingerprint density at radius 3 is 2.21 bits per heavy atom. The standard InChI is InChI=1S/C15H14F3N/c1-10(8-11-2-4-12(16)5-3-11)19-15-7-6-13(17)9-14(15)18/h2-7,9-10,19H,8H2,1H3. The zero-order valence-corrected chi connectivity index (χ0v) is 10.5. The van der Waals surface area contributed by atoms with E-state index in [9.17, 15) is 13.2 Å². The molecule has 0 aliphatic heterocycles. The number of anilines is 1. The first-order chi connectivity index (χ1) is 9.04. The minimum absolute atomic E-state index is 0.0505. The van der Waals surface area contributed by atoms with Crippen LogP contribution in [0.15, 0.2) is 42.5 Å². The van der Waals surface area contributed by atoms with E-state index in [2.05, 4.69) is 5.32 Å². The maximum Gasteiger partial charge on any atom is 0.149 e. The normalized spacial score (nSPS) is 12.2. The van der Waals surface area contributed by atoms with Gasteiger partial charge in [-0.15, -0.1) is 0 Å². The van der Waals surface area contributed by atoms with Crippen molar-refractivity contribution in [3.05, 3.63) is 65.5 Å². The van der Waals surface area contributed by atoms with E-state index in [4.69, 9.17) is 0 Å². The van der Waals surface area contributed by atoms with Gasteiger partial charge in [-0.2, -0.15) is 0 Å². The van der Waals surface area contributed by atoms with Crippen LogP contribution in [-0.2, 0) is 6.42 Å². The molecule has 0 aromatic heterocycles. The topological polar surface area (TPSA) is 12.0 Å². The SMILES string of the molecule is CC(Cc1ccc(F)cc1)Nc1ccc(F)cc1F. The van der Waals surface area contributed by atoms with Crippen molar-refractivity contribution >= 4 is 5.69 Å². The van der Waals surface area contributed by atoms with Crippen LogP contribution >= 0.6 is 0 Å². The van der Waals surface area contributed by atoms with E-state index in [0.29, 0.717) is 6.42 Å². The van der Waals surface area contributed by atoms with Crippen molar-refractivity contribution in [1.82, 2.24) is 0 Å². The predicted molar refractivity (Wildman–Crippen MR) is 69.5 cm³/mol. The Hall–Kier alpha value is -1.97. The van der Waals surface area contributed by atoms with Crippen LogP contribution in [0.1, 0.15) is 12.5 Å². The van der Waals surface area contributed by atoms with Gasteiger partial charge in [0.25, 0.3) is 0 Å². The summed E-state index contributed by atoms with van der Waals surface area (Å²) in [5, 5.41) is 2.97. The Bertz CT molecular complexity index is 552.